The summed E-state index contributed by atoms with van der Waals surface area (Å²) in [6.07, 6.45) is 4.70. The molecular formula is C21H32N2O3S. The highest BCUT2D eigenvalue weighted by molar-refractivity contribution is 7.14. The first-order chi connectivity index (χ1) is 12.8. The lowest BCUT2D eigenvalue weighted by molar-refractivity contribution is 0.0862. The monoisotopic (exact) mass is 392 g/mol. The van der Waals surface area contributed by atoms with E-state index < -0.39 is 0 Å². The summed E-state index contributed by atoms with van der Waals surface area (Å²) in [4.78, 5) is 28.4. The lowest BCUT2D eigenvalue weighted by atomic mass is 9.72. The molecule has 1 N–H and O–H groups in total. The third-order valence-corrected chi connectivity index (χ3v) is 7.12. The molecule has 150 valence electrons. The first-order valence-electron chi connectivity index (χ1n) is 10.1. The molecule has 1 aromatic heterocycles. The van der Waals surface area contributed by atoms with Gasteiger partial charge in [0, 0.05) is 24.0 Å². The Hall–Kier alpha value is -1.56. The summed E-state index contributed by atoms with van der Waals surface area (Å²) in [7, 11) is 0. The third-order valence-electron chi connectivity index (χ3n) is 5.89. The van der Waals surface area contributed by atoms with E-state index in [0.29, 0.717) is 31.0 Å². The maximum absolute atomic E-state index is 12.7. The molecule has 0 radical (unpaired) electrons. The number of piperidine rings is 1. The molecule has 6 heteroatoms. The molecule has 1 saturated heterocycles. The minimum absolute atomic E-state index is 0.0382. The van der Waals surface area contributed by atoms with Crippen molar-refractivity contribution in [1.82, 2.24) is 10.2 Å². The highest BCUT2D eigenvalue weighted by Crippen LogP contribution is 2.40. The first-order valence-corrected chi connectivity index (χ1v) is 10.9. The summed E-state index contributed by atoms with van der Waals surface area (Å²) in [5.41, 5.74) is 1.68. The molecule has 2 amide bonds. The van der Waals surface area contributed by atoms with Gasteiger partial charge in [0.05, 0.1) is 11.5 Å². The molecule has 0 bridgehead atoms. The maximum atomic E-state index is 12.7. The number of carbonyl (C=O) groups is 2. The average Bonchev–Trinajstić information content (AvgIpc) is 3.05. The number of nitrogens with one attached hydrogen (secondary N) is 1. The van der Waals surface area contributed by atoms with Gasteiger partial charge in [-0.25, -0.2) is 4.79 Å². The van der Waals surface area contributed by atoms with Gasteiger partial charge in [0.15, 0.2) is 0 Å². The fourth-order valence-corrected chi connectivity index (χ4v) is 5.16. The van der Waals surface area contributed by atoms with Crippen LogP contribution in [0, 0.1) is 11.3 Å². The zero-order valence-electron chi connectivity index (χ0n) is 17.0. The average molecular weight is 393 g/mol. The number of likely N-dealkylation sites (tertiary alicyclic amines) is 1. The van der Waals surface area contributed by atoms with Crippen molar-refractivity contribution >= 4 is 23.3 Å². The Morgan fingerprint density at radius 2 is 1.96 bits per heavy atom. The van der Waals surface area contributed by atoms with Crippen molar-refractivity contribution in [3.05, 3.63) is 21.4 Å². The van der Waals surface area contributed by atoms with Gasteiger partial charge in [0.25, 0.3) is 5.91 Å². The van der Waals surface area contributed by atoms with Crippen LogP contribution >= 0.6 is 11.3 Å². The number of amides is 2. The molecule has 1 aliphatic heterocycles. The van der Waals surface area contributed by atoms with Crippen LogP contribution in [0.3, 0.4) is 0 Å². The summed E-state index contributed by atoms with van der Waals surface area (Å²) in [5.74, 6) is 0.721. The number of carbonyl (C=O) groups excluding carboxylic acids is 2. The van der Waals surface area contributed by atoms with E-state index in [1.807, 2.05) is 6.92 Å². The van der Waals surface area contributed by atoms with E-state index in [1.165, 1.54) is 16.9 Å². The molecule has 0 spiro atoms. The quantitative estimate of drug-likeness (QED) is 0.836. The predicted molar refractivity (Wildman–Crippen MR) is 108 cm³/mol. The Labute approximate surface area is 166 Å². The second-order valence-corrected chi connectivity index (χ2v) is 9.94. The fourth-order valence-electron chi connectivity index (χ4n) is 4.05. The van der Waals surface area contributed by atoms with Crippen LogP contribution in [0.25, 0.3) is 0 Å². The van der Waals surface area contributed by atoms with Gasteiger partial charge in [-0.3, -0.25) is 4.79 Å². The largest absolute Gasteiger partial charge is 0.450 e. The molecule has 1 atom stereocenters. The number of rotatable bonds is 3. The van der Waals surface area contributed by atoms with E-state index in [1.54, 1.807) is 16.2 Å². The molecule has 1 fully saturated rings. The molecule has 5 nitrogen and oxygen atoms in total. The second kappa shape index (κ2) is 8.21. The molecule has 0 aromatic carbocycles. The first kappa shape index (κ1) is 20.2. The summed E-state index contributed by atoms with van der Waals surface area (Å²) < 4.78 is 5.05. The topological polar surface area (TPSA) is 58.6 Å². The highest BCUT2D eigenvalue weighted by atomic mass is 32.1. The summed E-state index contributed by atoms with van der Waals surface area (Å²) >= 11 is 1.66. The lowest BCUT2D eigenvalue weighted by Crippen LogP contribution is -2.46. The molecular weight excluding hydrogens is 360 g/mol. The zero-order chi connectivity index (χ0) is 19.6. The normalized spacial score (nSPS) is 20.9. The molecule has 1 unspecified atom stereocenters. The van der Waals surface area contributed by atoms with Crippen molar-refractivity contribution in [2.75, 3.05) is 19.7 Å². The van der Waals surface area contributed by atoms with Gasteiger partial charge in [-0.05, 0) is 62.0 Å². The van der Waals surface area contributed by atoms with Crippen molar-refractivity contribution in [3.63, 3.8) is 0 Å². The minimum Gasteiger partial charge on any atom is -0.450 e. The molecule has 1 aromatic rings. The van der Waals surface area contributed by atoms with Gasteiger partial charge in [-0.1, -0.05) is 20.8 Å². The standard InChI is InChI=1S/C21H32N2O3S/c1-5-26-20(25)23-10-8-16(9-11-23)22-19(24)18-13-14-12-15(21(2,3)4)6-7-17(14)27-18/h13,15-16H,5-12H2,1-4H3,(H,22,24). The van der Waals surface area contributed by atoms with Crippen LogP contribution in [-0.2, 0) is 17.6 Å². The van der Waals surface area contributed by atoms with E-state index in [9.17, 15) is 9.59 Å². The molecule has 3 rings (SSSR count). The molecule has 27 heavy (non-hydrogen) atoms. The van der Waals surface area contributed by atoms with Crippen molar-refractivity contribution in [2.45, 2.75) is 65.8 Å². The van der Waals surface area contributed by atoms with Crippen LogP contribution in [0.1, 0.15) is 67.1 Å². The van der Waals surface area contributed by atoms with Crippen molar-refractivity contribution in [1.29, 1.82) is 0 Å². The molecule has 1 aliphatic carbocycles. The van der Waals surface area contributed by atoms with Crippen LogP contribution in [0.15, 0.2) is 6.07 Å². The van der Waals surface area contributed by atoms with Gasteiger partial charge in [0.1, 0.15) is 0 Å². The molecule has 2 heterocycles. The third kappa shape index (κ3) is 4.84. The van der Waals surface area contributed by atoms with Crippen molar-refractivity contribution in [2.24, 2.45) is 11.3 Å². The van der Waals surface area contributed by atoms with E-state index in [2.05, 4.69) is 32.2 Å². The summed E-state index contributed by atoms with van der Waals surface area (Å²) in [5, 5.41) is 3.17. The second-order valence-electron chi connectivity index (χ2n) is 8.80. The number of aryl methyl sites for hydroxylation is 1. The van der Waals surface area contributed by atoms with E-state index in [0.717, 1.165) is 30.6 Å². The number of hydrogen-bond donors (Lipinski definition) is 1. The van der Waals surface area contributed by atoms with Gasteiger partial charge in [-0.15, -0.1) is 11.3 Å². The number of ether oxygens (including phenoxy) is 1. The predicted octanol–water partition coefficient (Wildman–Crippen LogP) is 4.25. The van der Waals surface area contributed by atoms with Gasteiger partial charge in [0.2, 0.25) is 0 Å². The number of hydrogen-bond acceptors (Lipinski definition) is 4. The summed E-state index contributed by atoms with van der Waals surface area (Å²) in [6, 6.07) is 2.24. The smallest absolute Gasteiger partial charge is 0.409 e. The fraction of sp³-hybridized carbons (Fsp3) is 0.714. The van der Waals surface area contributed by atoms with E-state index >= 15 is 0 Å². The zero-order valence-corrected chi connectivity index (χ0v) is 17.8. The molecule has 0 saturated carbocycles. The minimum atomic E-state index is -0.249. The number of thiophene rings is 1. The van der Waals surface area contributed by atoms with E-state index in [4.69, 9.17) is 4.74 Å². The van der Waals surface area contributed by atoms with Crippen molar-refractivity contribution in [3.8, 4) is 0 Å². The van der Waals surface area contributed by atoms with Gasteiger partial charge >= 0.3 is 6.09 Å². The Kier molecular flexibility index (Phi) is 6.14. The van der Waals surface area contributed by atoms with Gasteiger partial charge in [-0.2, -0.15) is 0 Å². The van der Waals surface area contributed by atoms with Crippen LogP contribution in [0.2, 0.25) is 0 Å². The van der Waals surface area contributed by atoms with Crippen molar-refractivity contribution < 1.29 is 14.3 Å². The highest BCUT2D eigenvalue weighted by Gasteiger charge is 2.31. The van der Waals surface area contributed by atoms with Crippen LogP contribution in [0.5, 0.6) is 0 Å². The Morgan fingerprint density at radius 1 is 1.26 bits per heavy atom. The summed E-state index contributed by atoms with van der Waals surface area (Å²) in [6.45, 7) is 10.4. The van der Waals surface area contributed by atoms with Crippen LogP contribution in [-0.4, -0.2) is 42.6 Å². The Morgan fingerprint density at radius 3 is 2.59 bits per heavy atom. The Bertz CT molecular complexity index is 684. The molecule has 2 aliphatic rings. The van der Waals surface area contributed by atoms with Crippen LogP contribution in [0.4, 0.5) is 4.79 Å². The van der Waals surface area contributed by atoms with Crippen LogP contribution < -0.4 is 5.32 Å². The lowest BCUT2D eigenvalue weighted by Gasteiger charge is -2.33. The van der Waals surface area contributed by atoms with E-state index in [-0.39, 0.29) is 18.0 Å². The number of nitrogens with zero attached hydrogens (tertiary/aromatic N) is 1. The van der Waals surface area contributed by atoms with Gasteiger partial charge < -0.3 is 15.0 Å². The SMILES string of the molecule is CCOC(=O)N1CCC(NC(=O)c2cc3c(s2)CCC(C(C)(C)C)C3)CC1. The Balaban J connectivity index is 1.54. The maximum Gasteiger partial charge on any atom is 0.409 e. The number of fused-ring (bicyclic) bond motifs is 1.